The average Bonchev–Trinajstić information content (AvgIpc) is 3.04. The zero-order valence-electron chi connectivity index (χ0n) is 11.4. The summed E-state index contributed by atoms with van der Waals surface area (Å²) in [6, 6.07) is 10.5. The minimum Gasteiger partial charge on any atom is -0.478 e. The Morgan fingerprint density at radius 2 is 1.64 bits per heavy atom. The Balaban J connectivity index is 2.08. The molecule has 0 aliphatic carbocycles. The fraction of sp³-hybridized carbons (Fsp3) is 0. The lowest BCUT2D eigenvalue weighted by molar-refractivity contribution is -0.131. The van der Waals surface area contributed by atoms with Crippen LogP contribution in [0.15, 0.2) is 60.9 Å². The minimum atomic E-state index is -1.25. The Kier molecular flexibility index (Phi) is 4.71. The predicted molar refractivity (Wildman–Crippen MR) is 78.2 cm³/mol. The number of para-hydroxylation sites is 1. The van der Waals surface area contributed by atoms with Crippen LogP contribution >= 0.6 is 0 Å². The summed E-state index contributed by atoms with van der Waals surface area (Å²) in [5.41, 5.74) is 5.36. The number of carbonyl (C=O) groups is 3. The van der Waals surface area contributed by atoms with Crippen molar-refractivity contribution >= 4 is 17.8 Å². The van der Waals surface area contributed by atoms with Crippen molar-refractivity contribution in [1.82, 2.24) is 15.4 Å². The van der Waals surface area contributed by atoms with E-state index in [1.54, 1.807) is 41.2 Å². The number of carboxylic acids is 1. The molecular weight excluding hydrogens is 286 g/mol. The second-order valence-corrected chi connectivity index (χ2v) is 4.22. The third kappa shape index (κ3) is 3.83. The van der Waals surface area contributed by atoms with Crippen LogP contribution in [0.3, 0.4) is 0 Å². The molecule has 2 amide bonds. The van der Waals surface area contributed by atoms with E-state index in [0.717, 1.165) is 6.08 Å². The number of nitrogens with one attached hydrogen (secondary N) is 2. The summed E-state index contributed by atoms with van der Waals surface area (Å²) < 4.78 is 1.76. The Bertz CT molecular complexity index is 720. The summed E-state index contributed by atoms with van der Waals surface area (Å²) in [6.45, 7) is 0. The van der Waals surface area contributed by atoms with Crippen LogP contribution in [0.1, 0.15) is 10.4 Å². The van der Waals surface area contributed by atoms with Crippen molar-refractivity contribution in [3.63, 3.8) is 0 Å². The first kappa shape index (κ1) is 15.0. The average molecular weight is 299 g/mol. The molecule has 1 heterocycles. The molecular formula is C15H13N3O4. The van der Waals surface area contributed by atoms with Gasteiger partial charge in [-0.25, -0.2) is 4.79 Å². The van der Waals surface area contributed by atoms with Gasteiger partial charge in [0.05, 0.1) is 11.3 Å². The Labute approximate surface area is 125 Å². The van der Waals surface area contributed by atoms with E-state index in [9.17, 15) is 14.4 Å². The van der Waals surface area contributed by atoms with E-state index in [4.69, 9.17) is 5.11 Å². The molecule has 0 aliphatic heterocycles. The molecule has 7 nitrogen and oxygen atoms in total. The number of carboxylic acid groups (broad SMARTS) is 1. The lowest BCUT2D eigenvalue weighted by Crippen LogP contribution is -2.41. The molecule has 0 radical (unpaired) electrons. The molecule has 0 atom stereocenters. The molecule has 1 aromatic carbocycles. The molecule has 0 saturated heterocycles. The third-order valence-corrected chi connectivity index (χ3v) is 2.71. The van der Waals surface area contributed by atoms with Crippen LogP contribution in [-0.2, 0) is 9.59 Å². The molecule has 0 saturated carbocycles. The highest BCUT2D eigenvalue weighted by Gasteiger charge is 2.12. The highest BCUT2D eigenvalue weighted by atomic mass is 16.4. The van der Waals surface area contributed by atoms with Crippen LogP contribution in [0.25, 0.3) is 5.69 Å². The molecule has 0 bridgehead atoms. The van der Waals surface area contributed by atoms with Gasteiger partial charge < -0.3 is 9.67 Å². The van der Waals surface area contributed by atoms with E-state index in [0.29, 0.717) is 17.3 Å². The number of carbonyl (C=O) groups excluding carboxylic acids is 2. The highest BCUT2D eigenvalue weighted by Crippen LogP contribution is 2.14. The summed E-state index contributed by atoms with van der Waals surface area (Å²) in [6.07, 6.45) is 5.07. The van der Waals surface area contributed by atoms with Gasteiger partial charge in [0.25, 0.3) is 11.8 Å². The summed E-state index contributed by atoms with van der Waals surface area (Å²) >= 11 is 0. The van der Waals surface area contributed by atoms with Crippen molar-refractivity contribution in [2.75, 3.05) is 0 Å². The van der Waals surface area contributed by atoms with Gasteiger partial charge in [0.1, 0.15) is 0 Å². The summed E-state index contributed by atoms with van der Waals surface area (Å²) in [5, 5.41) is 8.40. The zero-order chi connectivity index (χ0) is 15.9. The molecule has 22 heavy (non-hydrogen) atoms. The number of benzene rings is 1. The number of amides is 2. The molecule has 0 unspecified atom stereocenters. The van der Waals surface area contributed by atoms with Crippen LogP contribution in [0.5, 0.6) is 0 Å². The van der Waals surface area contributed by atoms with E-state index in [2.05, 4.69) is 10.9 Å². The minimum absolute atomic E-state index is 0.362. The van der Waals surface area contributed by atoms with Crippen molar-refractivity contribution in [2.24, 2.45) is 0 Å². The van der Waals surface area contributed by atoms with Gasteiger partial charge in [0.15, 0.2) is 0 Å². The Morgan fingerprint density at radius 3 is 2.32 bits per heavy atom. The standard InChI is InChI=1S/C15H13N3O4/c19-13(7-8-14(20)21)16-17-15(22)11-5-1-2-6-12(11)18-9-3-4-10-18/h1-10H,(H,16,19)(H,17,22)(H,20,21). The maximum absolute atomic E-state index is 12.1. The summed E-state index contributed by atoms with van der Waals surface area (Å²) in [5.74, 6) is -2.50. The van der Waals surface area contributed by atoms with Crippen LogP contribution in [0, 0.1) is 0 Å². The second kappa shape index (κ2) is 6.89. The van der Waals surface area contributed by atoms with E-state index >= 15 is 0 Å². The van der Waals surface area contributed by atoms with Crippen LogP contribution in [0.2, 0.25) is 0 Å². The fourth-order valence-corrected chi connectivity index (χ4v) is 1.76. The molecule has 0 spiro atoms. The fourth-order valence-electron chi connectivity index (χ4n) is 1.76. The van der Waals surface area contributed by atoms with E-state index < -0.39 is 17.8 Å². The predicted octanol–water partition coefficient (Wildman–Crippen LogP) is 0.879. The van der Waals surface area contributed by atoms with E-state index in [-0.39, 0.29) is 0 Å². The molecule has 7 heteroatoms. The van der Waals surface area contributed by atoms with Gasteiger partial charge in [-0.3, -0.25) is 20.4 Å². The van der Waals surface area contributed by atoms with Gasteiger partial charge in [-0.15, -0.1) is 0 Å². The lowest BCUT2D eigenvalue weighted by Gasteiger charge is -2.11. The van der Waals surface area contributed by atoms with Gasteiger partial charge in [-0.05, 0) is 24.3 Å². The van der Waals surface area contributed by atoms with Crippen molar-refractivity contribution < 1.29 is 19.5 Å². The van der Waals surface area contributed by atoms with Crippen molar-refractivity contribution in [3.05, 3.63) is 66.5 Å². The summed E-state index contributed by atoms with van der Waals surface area (Å²) in [7, 11) is 0. The number of hydrogen-bond acceptors (Lipinski definition) is 3. The number of rotatable bonds is 4. The van der Waals surface area contributed by atoms with Crippen LogP contribution in [0.4, 0.5) is 0 Å². The third-order valence-electron chi connectivity index (χ3n) is 2.71. The topological polar surface area (TPSA) is 100 Å². The number of nitrogens with zero attached hydrogens (tertiary/aromatic N) is 1. The normalized spacial score (nSPS) is 10.4. The first-order chi connectivity index (χ1) is 10.6. The number of aromatic nitrogens is 1. The zero-order valence-corrected chi connectivity index (χ0v) is 11.4. The monoisotopic (exact) mass is 299 g/mol. The van der Waals surface area contributed by atoms with Gasteiger partial charge in [-0.2, -0.15) is 0 Å². The lowest BCUT2D eigenvalue weighted by atomic mass is 10.1. The maximum atomic E-state index is 12.1. The first-order valence-corrected chi connectivity index (χ1v) is 6.31. The smallest absolute Gasteiger partial charge is 0.328 e. The maximum Gasteiger partial charge on any atom is 0.328 e. The van der Waals surface area contributed by atoms with E-state index in [1.807, 2.05) is 12.1 Å². The largest absolute Gasteiger partial charge is 0.478 e. The van der Waals surface area contributed by atoms with Gasteiger partial charge in [0, 0.05) is 24.5 Å². The quantitative estimate of drug-likeness (QED) is 0.576. The molecule has 3 N–H and O–H groups in total. The first-order valence-electron chi connectivity index (χ1n) is 6.31. The van der Waals surface area contributed by atoms with Crippen molar-refractivity contribution in [2.45, 2.75) is 0 Å². The number of hydrogen-bond donors (Lipinski definition) is 3. The molecule has 2 aromatic rings. The number of aliphatic carboxylic acids is 1. The Morgan fingerprint density at radius 1 is 0.955 bits per heavy atom. The SMILES string of the molecule is O=C(O)C=CC(=O)NNC(=O)c1ccccc1-n1cccc1. The molecule has 1 aromatic heterocycles. The van der Waals surface area contributed by atoms with Crippen molar-refractivity contribution in [3.8, 4) is 5.69 Å². The molecule has 0 fully saturated rings. The molecule has 2 rings (SSSR count). The molecule has 112 valence electrons. The second-order valence-electron chi connectivity index (χ2n) is 4.22. The van der Waals surface area contributed by atoms with Gasteiger partial charge in [-0.1, -0.05) is 12.1 Å². The molecule has 0 aliphatic rings. The van der Waals surface area contributed by atoms with E-state index in [1.165, 1.54) is 0 Å². The van der Waals surface area contributed by atoms with Crippen LogP contribution in [-0.4, -0.2) is 27.5 Å². The number of hydrazine groups is 1. The van der Waals surface area contributed by atoms with Gasteiger partial charge in [0.2, 0.25) is 0 Å². The van der Waals surface area contributed by atoms with Gasteiger partial charge >= 0.3 is 5.97 Å². The Hall–Kier alpha value is -3.35. The highest BCUT2D eigenvalue weighted by molar-refractivity contribution is 6.00. The van der Waals surface area contributed by atoms with Crippen molar-refractivity contribution in [1.29, 1.82) is 0 Å². The van der Waals surface area contributed by atoms with Crippen LogP contribution < -0.4 is 10.9 Å². The summed E-state index contributed by atoms with van der Waals surface area (Å²) in [4.78, 5) is 33.7.